The summed E-state index contributed by atoms with van der Waals surface area (Å²) in [6.45, 7) is 2.84. The van der Waals surface area contributed by atoms with Crippen molar-refractivity contribution >= 4 is 29.9 Å². The van der Waals surface area contributed by atoms with Gasteiger partial charge in [0, 0.05) is 31.7 Å². The van der Waals surface area contributed by atoms with Crippen LogP contribution in [-0.4, -0.2) is 42.9 Å². The summed E-state index contributed by atoms with van der Waals surface area (Å²) in [7, 11) is 0. The standard InChI is InChI=1S/C15H18FN3O2.ClH/c16-12-9-13-10(2-3-14(20)18-13)8-11(12)15(21)19-6-1-4-17-5-7-19;/h8-9,17H,1-7H2,(H,18,20);1H. The van der Waals surface area contributed by atoms with Crippen LogP contribution in [0.25, 0.3) is 0 Å². The number of nitrogens with zero attached hydrogens (tertiary/aromatic N) is 1. The molecule has 0 bridgehead atoms. The lowest BCUT2D eigenvalue weighted by atomic mass is 9.99. The van der Waals surface area contributed by atoms with Gasteiger partial charge in [-0.2, -0.15) is 0 Å². The van der Waals surface area contributed by atoms with Gasteiger partial charge in [-0.1, -0.05) is 0 Å². The molecule has 2 aliphatic heterocycles. The molecule has 2 amide bonds. The molecule has 2 N–H and O–H groups in total. The summed E-state index contributed by atoms with van der Waals surface area (Å²) in [5.41, 5.74) is 1.41. The Bertz CT molecular complexity index is 586. The Hall–Kier alpha value is -1.66. The molecule has 0 saturated carbocycles. The van der Waals surface area contributed by atoms with Gasteiger partial charge in [0.1, 0.15) is 5.82 Å². The van der Waals surface area contributed by atoms with Crippen LogP contribution in [0.2, 0.25) is 0 Å². The second kappa shape index (κ2) is 7.07. The molecule has 3 rings (SSSR count). The second-order valence-electron chi connectivity index (χ2n) is 5.43. The predicted molar refractivity (Wildman–Crippen MR) is 84.0 cm³/mol. The molecule has 2 aliphatic rings. The van der Waals surface area contributed by atoms with E-state index in [0.717, 1.165) is 25.1 Å². The van der Waals surface area contributed by atoms with Crippen LogP contribution in [0.15, 0.2) is 12.1 Å². The first kappa shape index (κ1) is 16.7. The van der Waals surface area contributed by atoms with Gasteiger partial charge in [0.05, 0.1) is 5.56 Å². The summed E-state index contributed by atoms with van der Waals surface area (Å²) in [5, 5.41) is 5.86. The van der Waals surface area contributed by atoms with Crippen LogP contribution < -0.4 is 10.6 Å². The third kappa shape index (κ3) is 3.39. The summed E-state index contributed by atoms with van der Waals surface area (Å²) in [6.07, 6.45) is 1.79. The third-order valence-electron chi connectivity index (χ3n) is 3.95. The molecule has 7 heteroatoms. The predicted octanol–water partition coefficient (Wildman–Crippen LogP) is 1.57. The Morgan fingerprint density at radius 3 is 2.82 bits per heavy atom. The number of halogens is 2. The summed E-state index contributed by atoms with van der Waals surface area (Å²) in [5.74, 6) is -0.950. The molecule has 120 valence electrons. The molecule has 0 atom stereocenters. The zero-order valence-electron chi connectivity index (χ0n) is 12.2. The van der Waals surface area contributed by atoms with Gasteiger partial charge in [0.2, 0.25) is 5.91 Å². The quantitative estimate of drug-likeness (QED) is 0.823. The molecule has 0 aromatic heterocycles. The summed E-state index contributed by atoms with van der Waals surface area (Å²) >= 11 is 0. The number of hydrogen-bond donors (Lipinski definition) is 2. The zero-order valence-corrected chi connectivity index (χ0v) is 13.0. The maximum absolute atomic E-state index is 14.2. The molecular formula is C15H19ClFN3O2. The maximum Gasteiger partial charge on any atom is 0.256 e. The van der Waals surface area contributed by atoms with E-state index >= 15 is 0 Å². The van der Waals surface area contributed by atoms with Crippen LogP contribution in [0, 0.1) is 5.82 Å². The lowest BCUT2D eigenvalue weighted by Crippen LogP contribution is -2.35. The molecule has 1 aromatic rings. The highest BCUT2D eigenvalue weighted by Crippen LogP contribution is 2.26. The monoisotopic (exact) mass is 327 g/mol. The van der Waals surface area contributed by atoms with Crippen LogP contribution in [-0.2, 0) is 11.2 Å². The fourth-order valence-corrected chi connectivity index (χ4v) is 2.79. The fourth-order valence-electron chi connectivity index (χ4n) is 2.79. The van der Waals surface area contributed by atoms with Crippen molar-refractivity contribution in [1.82, 2.24) is 10.2 Å². The number of rotatable bonds is 1. The van der Waals surface area contributed by atoms with Crippen molar-refractivity contribution in [2.75, 3.05) is 31.5 Å². The second-order valence-corrected chi connectivity index (χ2v) is 5.43. The van der Waals surface area contributed by atoms with E-state index in [1.807, 2.05) is 0 Å². The number of carbonyl (C=O) groups is 2. The van der Waals surface area contributed by atoms with Crippen LogP contribution >= 0.6 is 12.4 Å². The fraction of sp³-hybridized carbons (Fsp3) is 0.467. The number of hydrogen-bond acceptors (Lipinski definition) is 3. The number of fused-ring (bicyclic) bond motifs is 1. The molecule has 22 heavy (non-hydrogen) atoms. The van der Waals surface area contributed by atoms with E-state index < -0.39 is 5.82 Å². The van der Waals surface area contributed by atoms with Gasteiger partial charge in [-0.25, -0.2) is 4.39 Å². The highest BCUT2D eigenvalue weighted by atomic mass is 35.5. The molecule has 0 spiro atoms. The van der Waals surface area contributed by atoms with Crippen LogP contribution in [0.5, 0.6) is 0 Å². The van der Waals surface area contributed by atoms with Crippen molar-refractivity contribution < 1.29 is 14.0 Å². The number of aryl methyl sites for hydroxylation is 1. The van der Waals surface area contributed by atoms with E-state index in [4.69, 9.17) is 0 Å². The van der Waals surface area contributed by atoms with Crippen molar-refractivity contribution in [2.24, 2.45) is 0 Å². The van der Waals surface area contributed by atoms with Crippen LogP contribution in [0.1, 0.15) is 28.8 Å². The number of anilines is 1. The highest BCUT2D eigenvalue weighted by Gasteiger charge is 2.24. The summed E-state index contributed by atoms with van der Waals surface area (Å²) < 4.78 is 14.2. The maximum atomic E-state index is 14.2. The van der Waals surface area contributed by atoms with E-state index in [2.05, 4.69) is 10.6 Å². The Balaban J connectivity index is 0.00000176. The molecular weight excluding hydrogens is 309 g/mol. The van der Waals surface area contributed by atoms with E-state index in [0.29, 0.717) is 31.6 Å². The normalized spacial score (nSPS) is 17.9. The average molecular weight is 328 g/mol. The summed E-state index contributed by atoms with van der Waals surface area (Å²) in [4.78, 5) is 25.5. The Labute approximate surface area is 134 Å². The van der Waals surface area contributed by atoms with Crippen LogP contribution in [0.3, 0.4) is 0 Å². The highest BCUT2D eigenvalue weighted by molar-refractivity contribution is 5.98. The minimum absolute atomic E-state index is 0. The van der Waals surface area contributed by atoms with Gasteiger partial charge in [0.25, 0.3) is 5.91 Å². The van der Waals surface area contributed by atoms with Crippen LogP contribution in [0.4, 0.5) is 10.1 Å². The van der Waals surface area contributed by atoms with E-state index in [-0.39, 0.29) is 29.8 Å². The SMILES string of the molecule is Cl.O=C1CCc2cc(C(=O)N3CCCNCC3)c(F)cc2N1. The molecule has 5 nitrogen and oxygen atoms in total. The van der Waals surface area contributed by atoms with Crippen molar-refractivity contribution in [2.45, 2.75) is 19.3 Å². The first-order valence-corrected chi connectivity index (χ1v) is 7.27. The van der Waals surface area contributed by atoms with Crippen molar-refractivity contribution in [1.29, 1.82) is 0 Å². The number of benzene rings is 1. The Morgan fingerprint density at radius 2 is 2.00 bits per heavy atom. The number of carbonyl (C=O) groups excluding carboxylic acids is 2. The molecule has 1 fully saturated rings. The number of amides is 2. The summed E-state index contributed by atoms with van der Waals surface area (Å²) in [6, 6.07) is 2.85. The van der Waals surface area contributed by atoms with E-state index in [9.17, 15) is 14.0 Å². The van der Waals surface area contributed by atoms with Gasteiger partial charge >= 0.3 is 0 Å². The molecule has 1 aromatic carbocycles. The first-order chi connectivity index (χ1) is 10.1. The first-order valence-electron chi connectivity index (χ1n) is 7.27. The minimum Gasteiger partial charge on any atom is -0.337 e. The topological polar surface area (TPSA) is 61.4 Å². The molecule has 0 radical (unpaired) electrons. The van der Waals surface area contributed by atoms with Crippen molar-refractivity contribution in [3.8, 4) is 0 Å². The van der Waals surface area contributed by atoms with Gasteiger partial charge in [-0.05, 0) is 37.1 Å². The van der Waals surface area contributed by atoms with Gasteiger partial charge < -0.3 is 15.5 Å². The number of nitrogens with one attached hydrogen (secondary N) is 2. The average Bonchev–Trinajstić information content (AvgIpc) is 2.74. The van der Waals surface area contributed by atoms with Gasteiger partial charge in [-0.3, -0.25) is 9.59 Å². The Kier molecular flexibility index (Phi) is 5.37. The van der Waals surface area contributed by atoms with Gasteiger partial charge in [-0.15, -0.1) is 12.4 Å². The zero-order chi connectivity index (χ0) is 14.8. The molecule has 0 unspecified atom stereocenters. The van der Waals surface area contributed by atoms with Gasteiger partial charge in [0.15, 0.2) is 0 Å². The van der Waals surface area contributed by atoms with Crippen molar-refractivity contribution in [3.05, 3.63) is 29.1 Å². The lowest BCUT2D eigenvalue weighted by Gasteiger charge is -2.22. The van der Waals surface area contributed by atoms with Crippen molar-refractivity contribution in [3.63, 3.8) is 0 Å². The smallest absolute Gasteiger partial charge is 0.256 e. The van der Waals surface area contributed by atoms with E-state index in [1.54, 1.807) is 11.0 Å². The minimum atomic E-state index is -0.571. The molecule has 0 aliphatic carbocycles. The third-order valence-corrected chi connectivity index (χ3v) is 3.95. The lowest BCUT2D eigenvalue weighted by molar-refractivity contribution is -0.116. The van der Waals surface area contributed by atoms with E-state index in [1.165, 1.54) is 6.07 Å². The Morgan fingerprint density at radius 1 is 1.18 bits per heavy atom. The molecule has 1 saturated heterocycles. The molecule has 2 heterocycles. The largest absolute Gasteiger partial charge is 0.337 e.